The summed E-state index contributed by atoms with van der Waals surface area (Å²) in [6, 6.07) is 9.45. The molecule has 0 aliphatic heterocycles. The number of non-ortho nitro benzene ring substituents is 1. The number of nitro benzene ring substituents is 1. The van der Waals surface area contributed by atoms with Crippen molar-refractivity contribution in [2.75, 3.05) is 12.5 Å². The van der Waals surface area contributed by atoms with Crippen molar-refractivity contribution in [1.82, 2.24) is 0 Å². The van der Waals surface area contributed by atoms with E-state index < -0.39 is 4.92 Å². The predicted octanol–water partition coefficient (Wildman–Crippen LogP) is 4.88. The van der Waals surface area contributed by atoms with Crippen LogP contribution in [-0.2, 0) is 0 Å². The topological polar surface area (TPSA) is 86.0 Å². The second-order valence-corrected chi connectivity index (χ2v) is 5.95. The Hall–Kier alpha value is -2.80. The number of hydrazone groups is 1. The molecule has 1 N–H and O–H groups in total. The summed E-state index contributed by atoms with van der Waals surface area (Å²) in [6.45, 7) is 3.98. The Balaban J connectivity index is 2.12. The lowest BCUT2D eigenvalue weighted by Gasteiger charge is -2.17. The minimum Gasteiger partial charge on any atom is -0.493 e. The summed E-state index contributed by atoms with van der Waals surface area (Å²) in [5.74, 6) is 1.03. The SMILES string of the molecule is CCC(C)Oc1c(Cl)cc(/C=N/Nc2ccc([N+](=O)[O-])cc2)cc1OC. The van der Waals surface area contributed by atoms with Crippen molar-refractivity contribution in [2.24, 2.45) is 5.10 Å². The third-order valence-corrected chi connectivity index (χ3v) is 3.91. The standard InChI is InChI=1S/C18H20ClN3O4/c1-4-12(2)26-18-16(19)9-13(10-17(18)25-3)11-20-21-14-5-7-15(8-6-14)22(23)24/h5-12,21H,4H2,1-3H3/b20-11+. The van der Waals surface area contributed by atoms with Gasteiger partial charge in [-0.15, -0.1) is 0 Å². The molecule has 0 aliphatic rings. The summed E-state index contributed by atoms with van der Waals surface area (Å²) in [7, 11) is 1.55. The van der Waals surface area contributed by atoms with Crippen molar-refractivity contribution < 1.29 is 14.4 Å². The Bertz CT molecular complexity index is 794. The summed E-state index contributed by atoms with van der Waals surface area (Å²) in [6.07, 6.45) is 2.44. The van der Waals surface area contributed by atoms with Gasteiger partial charge < -0.3 is 9.47 Å². The lowest BCUT2D eigenvalue weighted by Crippen LogP contribution is -2.11. The highest BCUT2D eigenvalue weighted by Crippen LogP contribution is 2.37. The fourth-order valence-electron chi connectivity index (χ4n) is 2.05. The minimum atomic E-state index is -0.454. The molecule has 0 aliphatic carbocycles. The highest BCUT2D eigenvalue weighted by atomic mass is 35.5. The number of methoxy groups -OCH3 is 1. The van der Waals surface area contributed by atoms with E-state index in [1.165, 1.54) is 12.1 Å². The lowest BCUT2D eigenvalue weighted by molar-refractivity contribution is -0.384. The molecule has 0 saturated heterocycles. The Labute approximate surface area is 156 Å². The van der Waals surface area contributed by atoms with Crippen LogP contribution < -0.4 is 14.9 Å². The Kier molecular flexibility index (Phi) is 6.80. The normalized spacial score (nSPS) is 12.0. The summed E-state index contributed by atoms with van der Waals surface area (Å²) in [5.41, 5.74) is 4.17. The maximum Gasteiger partial charge on any atom is 0.269 e. The molecule has 0 bridgehead atoms. The number of hydrogen-bond acceptors (Lipinski definition) is 6. The first kappa shape index (κ1) is 19.5. The summed E-state index contributed by atoms with van der Waals surface area (Å²) >= 11 is 6.31. The monoisotopic (exact) mass is 377 g/mol. The van der Waals surface area contributed by atoms with Crippen LogP contribution in [0.1, 0.15) is 25.8 Å². The number of nitro groups is 1. The van der Waals surface area contributed by atoms with Crippen molar-refractivity contribution in [3.63, 3.8) is 0 Å². The molecule has 2 aromatic carbocycles. The molecule has 0 heterocycles. The van der Waals surface area contributed by atoms with Gasteiger partial charge in [0.1, 0.15) is 0 Å². The molecule has 0 aromatic heterocycles. The molecule has 0 radical (unpaired) electrons. The molecule has 0 amide bonds. The van der Waals surface area contributed by atoms with Crippen LogP contribution >= 0.6 is 11.6 Å². The molecule has 1 atom stereocenters. The minimum absolute atomic E-state index is 0.0183. The Morgan fingerprint density at radius 1 is 1.35 bits per heavy atom. The van der Waals surface area contributed by atoms with Gasteiger partial charge in [-0.25, -0.2) is 0 Å². The second kappa shape index (κ2) is 9.05. The fourth-order valence-corrected chi connectivity index (χ4v) is 2.32. The highest BCUT2D eigenvalue weighted by Gasteiger charge is 2.14. The average molecular weight is 378 g/mol. The number of ether oxygens (including phenoxy) is 2. The first-order chi connectivity index (χ1) is 12.4. The molecular weight excluding hydrogens is 358 g/mol. The molecule has 26 heavy (non-hydrogen) atoms. The zero-order valence-corrected chi connectivity index (χ0v) is 15.5. The zero-order valence-electron chi connectivity index (χ0n) is 14.7. The summed E-state index contributed by atoms with van der Waals surface area (Å²) < 4.78 is 11.2. The molecule has 7 nitrogen and oxygen atoms in total. The maximum atomic E-state index is 10.6. The zero-order chi connectivity index (χ0) is 19.1. The van der Waals surface area contributed by atoms with Crippen LogP contribution in [0.5, 0.6) is 11.5 Å². The maximum absolute atomic E-state index is 10.6. The van der Waals surface area contributed by atoms with Gasteiger partial charge >= 0.3 is 0 Å². The Morgan fingerprint density at radius 3 is 2.62 bits per heavy atom. The molecule has 0 fully saturated rings. The first-order valence-corrected chi connectivity index (χ1v) is 8.40. The van der Waals surface area contributed by atoms with Crippen molar-refractivity contribution in [3.8, 4) is 11.5 Å². The molecule has 0 saturated carbocycles. The van der Waals surface area contributed by atoms with Gasteiger partial charge in [-0.1, -0.05) is 18.5 Å². The van der Waals surface area contributed by atoms with E-state index in [9.17, 15) is 10.1 Å². The molecule has 2 aromatic rings. The lowest BCUT2D eigenvalue weighted by atomic mass is 10.2. The number of anilines is 1. The van der Waals surface area contributed by atoms with Crippen LogP contribution in [0.15, 0.2) is 41.5 Å². The number of benzene rings is 2. The van der Waals surface area contributed by atoms with Crippen LogP contribution in [-0.4, -0.2) is 24.4 Å². The van der Waals surface area contributed by atoms with Gasteiger partial charge in [0.2, 0.25) is 0 Å². The van der Waals surface area contributed by atoms with Crippen molar-refractivity contribution in [2.45, 2.75) is 26.4 Å². The van der Waals surface area contributed by atoms with E-state index in [2.05, 4.69) is 10.5 Å². The molecule has 0 spiro atoms. The van der Waals surface area contributed by atoms with Crippen molar-refractivity contribution >= 4 is 29.2 Å². The number of halogens is 1. The van der Waals surface area contributed by atoms with Crippen molar-refractivity contribution in [3.05, 3.63) is 57.1 Å². The van der Waals surface area contributed by atoms with Gasteiger partial charge in [-0.2, -0.15) is 5.10 Å². The highest BCUT2D eigenvalue weighted by molar-refractivity contribution is 6.32. The van der Waals surface area contributed by atoms with E-state index in [1.54, 1.807) is 37.6 Å². The number of nitrogens with zero attached hydrogens (tertiary/aromatic N) is 2. The van der Waals surface area contributed by atoms with Crippen LogP contribution in [0.4, 0.5) is 11.4 Å². The molecular formula is C18H20ClN3O4. The van der Waals surface area contributed by atoms with Crippen LogP contribution in [0.2, 0.25) is 5.02 Å². The molecule has 2 rings (SSSR count). The van der Waals surface area contributed by atoms with Crippen LogP contribution in [0, 0.1) is 10.1 Å². The van der Waals surface area contributed by atoms with Gasteiger partial charge in [-0.05, 0) is 43.2 Å². The summed E-state index contributed by atoms with van der Waals surface area (Å²) in [4.78, 5) is 10.2. The van der Waals surface area contributed by atoms with Crippen LogP contribution in [0.3, 0.4) is 0 Å². The van der Waals surface area contributed by atoms with Gasteiger partial charge in [0, 0.05) is 12.1 Å². The molecule has 8 heteroatoms. The van der Waals surface area contributed by atoms with Gasteiger partial charge in [0.15, 0.2) is 11.5 Å². The largest absolute Gasteiger partial charge is 0.493 e. The van der Waals surface area contributed by atoms with E-state index in [0.717, 1.165) is 12.0 Å². The molecule has 1 unspecified atom stereocenters. The van der Waals surface area contributed by atoms with Crippen LogP contribution in [0.25, 0.3) is 0 Å². The van der Waals surface area contributed by atoms with Gasteiger partial charge in [0.05, 0.1) is 35.1 Å². The Morgan fingerprint density at radius 2 is 2.04 bits per heavy atom. The van der Waals surface area contributed by atoms with E-state index in [-0.39, 0.29) is 11.8 Å². The van der Waals surface area contributed by atoms with E-state index >= 15 is 0 Å². The molecule has 138 valence electrons. The third kappa shape index (κ3) is 5.10. The first-order valence-electron chi connectivity index (χ1n) is 8.02. The number of rotatable bonds is 8. The van der Waals surface area contributed by atoms with E-state index in [0.29, 0.717) is 22.2 Å². The van der Waals surface area contributed by atoms with Gasteiger partial charge in [-0.3, -0.25) is 15.5 Å². The average Bonchev–Trinajstić information content (AvgIpc) is 2.63. The quantitative estimate of drug-likeness (QED) is 0.402. The van der Waals surface area contributed by atoms with E-state index in [4.69, 9.17) is 21.1 Å². The van der Waals surface area contributed by atoms with Crippen molar-refractivity contribution in [1.29, 1.82) is 0 Å². The van der Waals surface area contributed by atoms with E-state index in [1.807, 2.05) is 13.8 Å². The number of hydrogen-bond donors (Lipinski definition) is 1. The second-order valence-electron chi connectivity index (χ2n) is 5.54. The smallest absolute Gasteiger partial charge is 0.269 e. The predicted molar refractivity (Wildman–Crippen MR) is 103 cm³/mol. The van der Waals surface area contributed by atoms with Gasteiger partial charge in [0.25, 0.3) is 5.69 Å². The number of nitrogens with one attached hydrogen (secondary N) is 1. The fraction of sp³-hybridized carbons (Fsp3) is 0.278. The summed E-state index contributed by atoms with van der Waals surface area (Å²) in [5, 5.41) is 15.2. The third-order valence-electron chi connectivity index (χ3n) is 3.63.